The Morgan fingerprint density at radius 2 is 1.88 bits per heavy atom. The maximum Gasteiger partial charge on any atom is 0.156 e. The quantitative estimate of drug-likeness (QED) is 0.563. The van der Waals surface area contributed by atoms with Gasteiger partial charge >= 0.3 is 0 Å². The van der Waals surface area contributed by atoms with Crippen LogP contribution in [0.25, 0.3) is 0 Å². The Morgan fingerprint density at radius 3 is 2.50 bits per heavy atom. The summed E-state index contributed by atoms with van der Waals surface area (Å²) in [5.41, 5.74) is 2.87. The predicted octanol–water partition coefficient (Wildman–Crippen LogP) is 3.90. The third kappa shape index (κ3) is 1.33. The maximum atomic E-state index is 12.0. The monoisotopic (exact) mass is 218 g/mol. The van der Waals surface area contributed by atoms with Crippen molar-refractivity contribution < 1.29 is 4.79 Å². The van der Waals surface area contributed by atoms with Crippen LogP contribution < -0.4 is 0 Å². The minimum absolute atomic E-state index is 0.0290. The fourth-order valence-electron chi connectivity index (χ4n) is 3.58. The first kappa shape index (κ1) is 11.6. The first-order valence-electron chi connectivity index (χ1n) is 6.17. The number of rotatable bonds is 0. The zero-order valence-electron chi connectivity index (χ0n) is 11.1. The molecule has 2 aliphatic carbocycles. The molecular weight excluding hydrogens is 196 g/mol. The van der Waals surface area contributed by atoms with Crippen LogP contribution in [0.1, 0.15) is 47.5 Å². The average molecular weight is 218 g/mol. The molecule has 0 heterocycles. The number of hydrogen-bond acceptors (Lipinski definition) is 1. The predicted molar refractivity (Wildman–Crippen MR) is 67.1 cm³/mol. The van der Waals surface area contributed by atoms with E-state index in [2.05, 4.69) is 40.7 Å². The molecule has 0 saturated carbocycles. The van der Waals surface area contributed by atoms with Gasteiger partial charge in [0.1, 0.15) is 0 Å². The van der Waals surface area contributed by atoms with Crippen molar-refractivity contribution in [1.29, 1.82) is 0 Å². The Balaban J connectivity index is 2.62. The fraction of sp³-hybridized carbons (Fsp3) is 0.667. The van der Waals surface area contributed by atoms with Gasteiger partial charge in [-0.05, 0) is 37.7 Å². The summed E-state index contributed by atoms with van der Waals surface area (Å²) in [6, 6.07) is 0. The number of carbonyl (C=O) groups excluding carboxylic acids is 1. The molecule has 0 amide bonds. The van der Waals surface area contributed by atoms with E-state index in [1.165, 1.54) is 11.1 Å². The van der Waals surface area contributed by atoms with Gasteiger partial charge in [-0.3, -0.25) is 4.79 Å². The van der Waals surface area contributed by atoms with Gasteiger partial charge in [-0.15, -0.1) is 0 Å². The van der Waals surface area contributed by atoms with Crippen molar-refractivity contribution in [3.05, 3.63) is 23.3 Å². The van der Waals surface area contributed by atoms with Crippen LogP contribution in [-0.2, 0) is 4.79 Å². The van der Waals surface area contributed by atoms with Crippen LogP contribution in [0.15, 0.2) is 23.3 Å². The Kier molecular flexibility index (Phi) is 2.41. The van der Waals surface area contributed by atoms with E-state index in [0.29, 0.717) is 18.1 Å². The smallest absolute Gasteiger partial charge is 0.156 e. The Hall–Kier alpha value is -0.850. The molecule has 0 saturated heterocycles. The van der Waals surface area contributed by atoms with Crippen LogP contribution in [0.2, 0.25) is 0 Å². The maximum absolute atomic E-state index is 12.0. The normalized spacial score (nSPS) is 37.6. The highest BCUT2D eigenvalue weighted by Crippen LogP contribution is 2.58. The lowest BCUT2D eigenvalue weighted by molar-refractivity contribution is -0.117. The van der Waals surface area contributed by atoms with Crippen molar-refractivity contribution in [2.24, 2.45) is 16.7 Å². The zero-order valence-corrected chi connectivity index (χ0v) is 11.1. The summed E-state index contributed by atoms with van der Waals surface area (Å²) < 4.78 is 0. The van der Waals surface area contributed by atoms with E-state index in [9.17, 15) is 4.79 Å². The Bertz CT molecular complexity index is 398. The summed E-state index contributed by atoms with van der Waals surface area (Å²) in [4.78, 5) is 12.0. The fourth-order valence-corrected chi connectivity index (χ4v) is 3.58. The molecule has 0 aliphatic heterocycles. The molecule has 0 N–H and O–H groups in total. The van der Waals surface area contributed by atoms with E-state index in [-0.39, 0.29) is 10.8 Å². The molecule has 2 aliphatic rings. The van der Waals surface area contributed by atoms with Crippen LogP contribution in [0.5, 0.6) is 0 Å². The SMILES string of the molecule is CC1=CC(=O)C[C@@]2(C)C(C)=CC[C@@H]1C2(C)C. The van der Waals surface area contributed by atoms with E-state index < -0.39 is 0 Å². The van der Waals surface area contributed by atoms with Crippen molar-refractivity contribution >= 4 is 5.78 Å². The molecule has 16 heavy (non-hydrogen) atoms. The van der Waals surface area contributed by atoms with Gasteiger partial charge in [0.25, 0.3) is 0 Å². The Labute approximate surface area is 98.6 Å². The summed E-state index contributed by atoms with van der Waals surface area (Å²) in [6.07, 6.45) is 5.97. The molecule has 1 heteroatoms. The van der Waals surface area contributed by atoms with Crippen molar-refractivity contribution in [2.45, 2.75) is 47.5 Å². The van der Waals surface area contributed by atoms with Gasteiger partial charge in [0.2, 0.25) is 0 Å². The zero-order chi connectivity index (χ0) is 12.1. The van der Waals surface area contributed by atoms with Crippen LogP contribution in [0.3, 0.4) is 0 Å². The summed E-state index contributed by atoms with van der Waals surface area (Å²) in [5, 5.41) is 0. The molecule has 0 fully saturated rings. The lowest BCUT2D eigenvalue weighted by Gasteiger charge is -2.51. The van der Waals surface area contributed by atoms with Gasteiger partial charge in [0, 0.05) is 11.8 Å². The minimum atomic E-state index is 0.0290. The van der Waals surface area contributed by atoms with E-state index in [1.54, 1.807) is 0 Å². The van der Waals surface area contributed by atoms with Crippen molar-refractivity contribution in [3.8, 4) is 0 Å². The van der Waals surface area contributed by atoms with Crippen molar-refractivity contribution in [3.63, 3.8) is 0 Å². The molecule has 0 aromatic carbocycles. The minimum Gasteiger partial charge on any atom is -0.295 e. The highest BCUT2D eigenvalue weighted by Gasteiger charge is 2.51. The standard InChI is InChI=1S/C15H22O/c1-10-8-12(16)9-15(5)11(2)6-7-13(10)14(15,3)4/h6,8,13H,7,9H2,1-5H3/t13-,15-/m0/s1. The Morgan fingerprint density at radius 1 is 1.25 bits per heavy atom. The summed E-state index contributed by atoms with van der Waals surface area (Å²) in [7, 11) is 0. The number of carbonyl (C=O) groups is 1. The largest absolute Gasteiger partial charge is 0.295 e. The van der Waals surface area contributed by atoms with Gasteiger partial charge in [-0.25, -0.2) is 0 Å². The number of fused-ring (bicyclic) bond motifs is 2. The van der Waals surface area contributed by atoms with Crippen LogP contribution >= 0.6 is 0 Å². The summed E-state index contributed by atoms with van der Waals surface area (Å²) >= 11 is 0. The molecule has 0 aromatic heterocycles. The third-order valence-corrected chi connectivity index (χ3v) is 5.29. The lowest BCUT2D eigenvalue weighted by Crippen LogP contribution is -2.44. The first-order chi connectivity index (χ1) is 7.29. The number of hydrogen-bond donors (Lipinski definition) is 0. The molecule has 0 radical (unpaired) electrons. The van der Waals surface area contributed by atoms with Crippen LogP contribution in [-0.4, -0.2) is 5.78 Å². The summed E-state index contributed by atoms with van der Waals surface area (Å²) in [5.74, 6) is 0.817. The molecule has 0 spiro atoms. The molecule has 0 unspecified atom stereocenters. The molecule has 88 valence electrons. The molecule has 1 nitrogen and oxygen atoms in total. The molecule has 2 bridgehead atoms. The van der Waals surface area contributed by atoms with E-state index in [0.717, 1.165) is 6.42 Å². The van der Waals surface area contributed by atoms with Crippen molar-refractivity contribution in [1.82, 2.24) is 0 Å². The van der Waals surface area contributed by atoms with E-state index >= 15 is 0 Å². The van der Waals surface area contributed by atoms with Gasteiger partial charge in [0.05, 0.1) is 0 Å². The average Bonchev–Trinajstić information content (AvgIpc) is 2.18. The second kappa shape index (κ2) is 3.32. The van der Waals surface area contributed by atoms with Crippen LogP contribution in [0.4, 0.5) is 0 Å². The highest BCUT2D eigenvalue weighted by molar-refractivity contribution is 5.91. The van der Waals surface area contributed by atoms with Crippen LogP contribution in [0, 0.1) is 16.7 Å². The third-order valence-electron chi connectivity index (χ3n) is 5.29. The topological polar surface area (TPSA) is 17.1 Å². The molecule has 2 rings (SSSR count). The molecular formula is C15H22O. The number of ketones is 1. The van der Waals surface area contributed by atoms with Gasteiger partial charge < -0.3 is 0 Å². The van der Waals surface area contributed by atoms with Gasteiger partial charge in [-0.1, -0.05) is 38.0 Å². The number of allylic oxidation sites excluding steroid dienone is 4. The first-order valence-corrected chi connectivity index (χ1v) is 6.17. The highest BCUT2D eigenvalue weighted by atomic mass is 16.1. The van der Waals surface area contributed by atoms with E-state index in [1.807, 2.05) is 6.08 Å². The second-order valence-corrected chi connectivity index (χ2v) is 6.26. The van der Waals surface area contributed by atoms with E-state index in [4.69, 9.17) is 0 Å². The molecule has 0 aromatic rings. The van der Waals surface area contributed by atoms with Gasteiger partial charge in [0.15, 0.2) is 5.78 Å². The molecule has 2 atom stereocenters. The second-order valence-electron chi connectivity index (χ2n) is 6.26. The summed E-state index contributed by atoms with van der Waals surface area (Å²) in [6.45, 7) is 11.2. The van der Waals surface area contributed by atoms with Crippen molar-refractivity contribution in [2.75, 3.05) is 0 Å². The lowest BCUT2D eigenvalue weighted by atomic mass is 9.52. The van der Waals surface area contributed by atoms with Gasteiger partial charge in [-0.2, -0.15) is 0 Å².